The molecule has 0 fully saturated rings. The molecule has 0 spiro atoms. The summed E-state index contributed by atoms with van der Waals surface area (Å²) in [5.74, 6) is 0.867. The van der Waals surface area contributed by atoms with E-state index in [1.165, 1.54) is 0 Å². The standard InChI is InChI=1S/C18H20N2O4/c1-12(17(21)20-22)10-11-23-14-8-6-13(7-9-14)18-19-15-4-2-3-5-16(15)24-18/h2-9,12,18-19,22H,10-11H2,1H3,(H,20,21). The van der Waals surface area contributed by atoms with E-state index in [2.05, 4.69) is 5.32 Å². The molecule has 0 saturated heterocycles. The second-order valence-electron chi connectivity index (χ2n) is 5.72. The van der Waals surface area contributed by atoms with E-state index >= 15 is 0 Å². The zero-order valence-corrected chi connectivity index (χ0v) is 13.4. The largest absolute Gasteiger partial charge is 0.494 e. The van der Waals surface area contributed by atoms with Crippen LogP contribution in [0, 0.1) is 5.92 Å². The number of carbonyl (C=O) groups is 1. The van der Waals surface area contributed by atoms with E-state index in [1.807, 2.05) is 48.5 Å². The summed E-state index contributed by atoms with van der Waals surface area (Å²) in [6, 6.07) is 15.5. The molecule has 2 aromatic rings. The van der Waals surface area contributed by atoms with E-state index in [9.17, 15) is 4.79 Å². The molecule has 0 aliphatic carbocycles. The first-order chi connectivity index (χ1) is 11.7. The Bertz CT molecular complexity index is 677. The van der Waals surface area contributed by atoms with Crippen molar-refractivity contribution in [3.05, 3.63) is 54.1 Å². The molecule has 2 unspecified atom stereocenters. The van der Waals surface area contributed by atoms with Crippen LogP contribution in [0.1, 0.15) is 25.1 Å². The summed E-state index contributed by atoms with van der Waals surface area (Å²) >= 11 is 0. The van der Waals surface area contributed by atoms with Gasteiger partial charge in [0, 0.05) is 11.5 Å². The van der Waals surface area contributed by atoms with Gasteiger partial charge in [-0.1, -0.05) is 19.1 Å². The highest BCUT2D eigenvalue weighted by molar-refractivity contribution is 5.76. The van der Waals surface area contributed by atoms with Gasteiger partial charge in [-0.25, -0.2) is 5.48 Å². The fraction of sp³-hybridized carbons (Fsp3) is 0.278. The van der Waals surface area contributed by atoms with Gasteiger partial charge in [0.25, 0.3) is 0 Å². The van der Waals surface area contributed by atoms with Crippen molar-refractivity contribution in [2.45, 2.75) is 19.6 Å². The minimum atomic E-state index is -0.405. The molecular formula is C18H20N2O4. The molecule has 6 nitrogen and oxygen atoms in total. The number of carbonyl (C=O) groups excluding carboxylic acids is 1. The van der Waals surface area contributed by atoms with Crippen molar-refractivity contribution in [1.29, 1.82) is 0 Å². The fourth-order valence-corrected chi connectivity index (χ4v) is 2.47. The fourth-order valence-electron chi connectivity index (χ4n) is 2.47. The highest BCUT2D eigenvalue weighted by Crippen LogP contribution is 2.37. The Morgan fingerprint density at radius 1 is 1.29 bits per heavy atom. The van der Waals surface area contributed by atoms with Gasteiger partial charge in [0.2, 0.25) is 5.91 Å². The summed E-state index contributed by atoms with van der Waals surface area (Å²) in [5.41, 5.74) is 3.64. The van der Waals surface area contributed by atoms with Gasteiger partial charge >= 0.3 is 0 Å². The van der Waals surface area contributed by atoms with Crippen LogP contribution < -0.4 is 20.3 Å². The minimum Gasteiger partial charge on any atom is -0.494 e. The summed E-state index contributed by atoms with van der Waals surface area (Å²) in [4.78, 5) is 11.2. The lowest BCUT2D eigenvalue weighted by atomic mass is 10.1. The number of fused-ring (bicyclic) bond motifs is 1. The molecular weight excluding hydrogens is 308 g/mol. The highest BCUT2D eigenvalue weighted by atomic mass is 16.5. The molecule has 3 N–H and O–H groups in total. The van der Waals surface area contributed by atoms with Crippen LogP contribution in [0.5, 0.6) is 11.5 Å². The molecule has 24 heavy (non-hydrogen) atoms. The molecule has 0 saturated carbocycles. The number of rotatable bonds is 6. The first-order valence-electron chi connectivity index (χ1n) is 7.86. The zero-order valence-electron chi connectivity index (χ0n) is 13.4. The summed E-state index contributed by atoms with van der Waals surface area (Å²) in [6.07, 6.45) is 0.321. The van der Waals surface area contributed by atoms with Crippen LogP contribution in [0.3, 0.4) is 0 Å². The van der Waals surface area contributed by atoms with Crippen molar-refractivity contribution >= 4 is 11.6 Å². The maximum atomic E-state index is 11.2. The maximum Gasteiger partial charge on any atom is 0.246 e. The van der Waals surface area contributed by atoms with Crippen LogP contribution in [0.25, 0.3) is 0 Å². The smallest absolute Gasteiger partial charge is 0.246 e. The Kier molecular flexibility index (Phi) is 4.86. The molecule has 0 radical (unpaired) electrons. The monoisotopic (exact) mass is 328 g/mol. The van der Waals surface area contributed by atoms with Crippen LogP contribution in [0.15, 0.2) is 48.5 Å². The first-order valence-corrected chi connectivity index (χ1v) is 7.86. The highest BCUT2D eigenvalue weighted by Gasteiger charge is 2.22. The molecule has 1 amide bonds. The third-order valence-corrected chi connectivity index (χ3v) is 3.98. The van der Waals surface area contributed by atoms with Gasteiger partial charge in [0.05, 0.1) is 12.3 Å². The van der Waals surface area contributed by atoms with Crippen LogP contribution >= 0.6 is 0 Å². The van der Waals surface area contributed by atoms with Crippen molar-refractivity contribution in [3.63, 3.8) is 0 Å². The Hall–Kier alpha value is -2.73. The average Bonchev–Trinajstić information content (AvgIpc) is 3.05. The number of amides is 1. The second kappa shape index (κ2) is 7.23. The third kappa shape index (κ3) is 3.60. The Labute approximate surface area is 140 Å². The Balaban J connectivity index is 1.52. The summed E-state index contributed by atoms with van der Waals surface area (Å²) in [7, 11) is 0. The van der Waals surface area contributed by atoms with Crippen molar-refractivity contribution in [2.75, 3.05) is 11.9 Å². The lowest BCUT2D eigenvalue weighted by Crippen LogP contribution is -2.27. The van der Waals surface area contributed by atoms with Gasteiger partial charge in [-0.15, -0.1) is 0 Å². The average molecular weight is 328 g/mol. The number of hydroxylamine groups is 1. The van der Waals surface area contributed by atoms with E-state index in [0.717, 1.165) is 22.7 Å². The SMILES string of the molecule is CC(CCOc1ccc(C2Nc3ccccc3O2)cc1)C(=O)NO. The molecule has 0 bridgehead atoms. The van der Waals surface area contributed by atoms with Crippen molar-refractivity contribution in [2.24, 2.45) is 5.92 Å². The molecule has 1 aliphatic rings. The third-order valence-electron chi connectivity index (χ3n) is 3.98. The van der Waals surface area contributed by atoms with Gasteiger partial charge in [-0.05, 0) is 42.8 Å². The van der Waals surface area contributed by atoms with E-state index in [0.29, 0.717) is 13.0 Å². The van der Waals surface area contributed by atoms with Gasteiger partial charge < -0.3 is 14.8 Å². The zero-order chi connectivity index (χ0) is 16.9. The van der Waals surface area contributed by atoms with E-state index in [1.54, 1.807) is 12.4 Å². The number of ether oxygens (including phenoxy) is 2. The minimum absolute atomic E-state index is 0.204. The number of nitrogens with one attached hydrogen (secondary N) is 2. The van der Waals surface area contributed by atoms with E-state index in [4.69, 9.17) is 14.7 Å². The van der Waals surface area contributed by atoms with Gasteiger partial charge in [0.1, 0.15) is 11.5 Å². The number of hydrogen-bond donors (Lipinski definition) is 3. The van der Waals surface area contributed by atoms with Crippen LogP contribution in [0.4, 0.5) is 5.69 Å². The topological polar surface area (TPSA) is 79.8 Å². The molecule has 0 aromatic heterocycles. The lowest BCUT2D eigenvalue weighted by molar-refractivity contribution is -0.133. The summed E-state index contributed by atoms with van der Waals surface area (Å²) in [5, 5.41) is 11.9. The lowest BCUT2D eigenvalue weighted by Gasteiger charge is -2.13. The quantitative estimate of drug-likeness (QED) is 0.561. The molecule has 2 atom stereocenters. The molecule has 1 aliphatic heterocycles. The molecule has 126 valence electrons. The molecule has 2 aromatic carbocycles. The predicted molar refractivity (Wildman–Crippen MR) is 89.1 cm³/mol. The van der Waals surface area contributed by atoms with Crippen molar-refractivity contribution in [3.8, 4) is 11.5 Å². The number of benzene rings is 2. The van der Waals surface area contributed by atoms with E-state index in [-0.39, 0.29) is 12.1 Å². The normalized spacial score (nSPS) is 16.5. The van der Waals surface area contributed by atoms with Crippen LogP contribution in [-0.2, 0) is 4.79 Å². The van der Waals surface area contributed by atoms with Crippen molar-refractivity contribution < 1.29 is 19.5 Å². The maximum absolute atomic E-state index is 11.2. The van der Waals surface area contributed by atoms with Crippen LogP contribution in [0.2, 0.25) is 0 Å². The Morgan fingerprint density at radius 3 is 2.75 bits per heavy atom. The molecule has 6 heteroatoms. The second-order valence-corrected chi connectivity index (χ2v) is 5.72. The summed E-state index contributed by atoms with van der Waals surface area (Å²) in [6.45, 7) is 2.14. The van der Waals surface area contributed by atoms with Gasteiger partial charge in [-0.2, -0.15) is 0 Å². The molecule has 3 rings (SSSR count). The number of para-hydroxylation sites is 2. The first kappa shape index (κ1) is 16.1. The number of anilines is 1. The van der Waals surface area contributed by atoms with Gasteiger partial charge in [0.15, 0.2) is 6.23 Å². The van der Waals surface area contributed by atoms with Crippen molar-refractivity contribution in [1.82, 2.24) is 5.48 Å². The van der Waals surface area contributed by atoms with Crippen LogP contribution in [-0.4, -0.2) is 17.7 Å². The van der Waals surface area contributed by atoms with Gasteiger partial charge in [-0.3, -0.25) is 10.0 Å². The van der Waals surface area contributed by atoms with E-state index < -0.39 is 5.91 Å². The molecule has 1 heterocycles. The Morgan fingerprint density at radius 2 is 2.04 bits per heavy atom. The summed E-state index contributed by atoms with van der Waals surface area (Å²) < 4.78 is 11.5. The predicted octanol–water partition coefficient (Wildman–Crippen LogP) is 3.10. The number of hydrogen-bond acceptors (Lipinski definition) is 5.